The number of anilines is 1. The summed E-state index contributed by atoms with van der Waals surface area (Å²) in [5, 5.41) is 24.7. The van der Waals surface area contributed by atoms with Gasteiger partial charge >= 0.3 is 5.97 Å². The number of rotatable bonds is 4. The molecule has 0 saturated heterocycles. The van der Waals surface area contributed by atoms with Gasteiger partial charge in [-0.15, -0.1) is 22.7 Å². The maximum Gasteiger partial charge on any atom is 0.339 e. The Kier molecular flexibility index (Phi) is 4.56. The Bertz CT molecular complexity index is 977. The standard InChI is InChI=1S/C17H12FNO4S2/c1-8-2-3-9(11(18)6-8)10-7-25-16(13(10)17(22)23)19-15(21)14-12(20)4-5-24-14/h2-7,20H,1H3,(H,19,21)(H,22,23). The molecule has 25 heavy (non-hydrogen) atoms. The molecule has 5 nitrogen and oxygen atoms in total. The summed E-state index contributed by atoms with van der Waals surface area (Å²) < 4.78 is 14.2. The van der Waals surface area contributed by atoms with Crippen molar-refractivity contribution >= 4 is 39.6 Å². The highest BCUT2D eigenvalue weighted by Crippen LogP contribution is 2.37. The summed E-state index contributed by atoms with van der Waals surface area (Å²) in [7, 11) is 0. The van der Waals surface area contributed by atoms with Gasteiger partial charge in [0.2, 0.25) is 0 Å². The Morgan fingerprint density at radius 1 is 1.16 bits per heavy atom. The second-order valence-corrected chi connectivity index (χ2v) is 7.03. The van der Waals surface area contributed by atoms with Crippen LogP contribution in [0, 0.1) is 12.7 Å². The van der Waals surface area contributed by atoms with Crippen molar-refractivity contribution in [2.24, 2.45) is 0 Å². The van der Waals surface area contributed by atoms with Crippen molar-refractivity contribution in [1.29, 1.82) is 0 Å². The van der Waals surface area contributed by atoms with Gasteiger partial charge in [-0.05, 0) is 30.0 Å². The molecule has 0 radical (unpaired) electrons. The molecule has 0 atom stereocenters. The van der Waals surface area contributed by atoms with E-state index >= 15 is 0 Å². The molecule has 3 rings (SSSR count). The van der Waals surface area contributed by atoms with Gasteiger partial charge in [0.25, 0.3) is 5.91 Å². The van der Waals surface area contributed by atoms with Crippen molar-refractivity contribution in [3.8, 4) is 16.9 Å². The van der Waals surface area contributed by atoms with Crippen LogP contribution in [0.3, 0.4) is 0 Å². The fourth-order valence-electron chi connectivity index (χ4n) is 2.33. The molecule has 0 aliphatic carbocycles. The number of benzene rings is 1. The zero-order valence-corrected chi connectivity index (χ0v) is 14.5. The Labute approximate surface area is 150 Å². The first-order valence-electron chi connectivity index (χ1n) is 7.07. The van der Waals surface area contributed by atoms with Gasteiger partial charge < -0.3 is 15.5 Å². The minimum absolute atomic E-state index is 0.0767. The fourth-order valence-corrected chi connectivity index (χ4v) is 3.96. The van der Waals surface area contributed by atoms with Gasteiger partial charge in [0, 0.05) is 16.5 Å². The summed E-state index contributed by atoms with van der Waals surface area (Å²) in [5.41, 5.74) is 0.881. The van der Waals surface area contributed by atoms with Crippen molar-refractivity contribution in [3.05, 3.63) is 56.8 Å². The smallest absolute Gasteiger partial charge is 0.339 e. The largest absolute Gasteiger partial charge is 0.506 e. The molecule has 0 aliphatic rings. The quantitative estimate of drug-likeness (QED) is 0.621. The van der Waals surface area contributed by atoms with Crippen LogP contribution in [0.25, 0.3) is 11.1 Å². The number of aromatic carboxylic acids is 1. The molecule has 0 spiro atoms. The summed E-state index contributed by atoms with van der Waals surface area (Å²) in [5.74, 6) is -2.61. The number of aromatic hydroxyl groups is 1. The van der Waals surface area contributed by atoms with Crippen LogP contribution in [-0.4, -0.2) is 22.1 Å². The number of hydrogen-bond acceptors (Lipinski definition) is 5. The first-order chi connectivity index (χ1) is 11.9. The van der Waals surface area contributed by atoms with Crippen LogP contribution < -0.4 is 5.32 Å². The van der Waals surface area contributed by atoms with Crippen LogP contribution in [0.1, 0.15) is 25.6 Å². The van der Waals surface area contributed by atoms with Crippen molar-refractivity contribution in [1.82, 2.24) is 0 Å². The van der Waals surface area contributed by atoms with Gasteiger partial charge in [0.15, 0.2) is 0 Å². The van der Waals surface area contributed by atoms with Gasteiger partial charge in [-0.3, -0.25) is 4.79 Å². The van der Waals surface area contributed by atoms with Crippen LogP contribution in [0.4, 0.5) is 9.39 Å². The SMILES string of the molecule is Cc1ccc(-c2csc(NC(=O)c3sccc3O)c2C(=O)O)c(F)c1. The number of carbonyl (C=O) groups excluding carboxylic acids is 1. The molecular weight excluding hydrogens is 365 g/mol. The van der Waals surface area contributed by atoms with Crippen LogP contribution >= 0.6 is 22.7 Å². The zero-order chi connectivity index (χ0) is 18.1. The molecule has 2 heterocycles. The summed E-state index contributed by atoms with van der Waals surface area (Å²) >= 11 is 2.02. The first kappa shape index (κ1) is 17.1. The number of hydrogen-bond donors (Lipinski definition) is 3. The molecule has 3 N–H and O–H groups in total. The number of carbonyl (C=O) groups is 2. The Morgan fingerprint density at radius 2 is 1.92 bits per heavy atom. The van der Waals surface area contributed by atoms with Crippen LogP contribution in [0.2, 0.25) is 0 Å². The van der Waals surface area contributed by atoms with Crippen molar-refractivity contribution in [2.45, 2.75) is 6.92 Å². The fraction of sp³-hybridized carbons (Fsp3) is 0.0588. The molecule has 3 aromatic rings. The number of halogens is 1. The molecule has 0 aliphatic heterocycles. The van der Waals surface area contributed by atoms with Crippen LogP contribution in [0.15, 0.2) is 35.0 Å². The third kappa shape index (κ3) is 3.26. The number of thiophene rings is 2. The average molecular weight is 377 g/mol. The van der Waals surface area contributed by atoms with Gasteiger partial charge in [0.1, 0.15) is 27.0 Å². The third-order valence-corrected chi connectivity index (χ3v) is 5.30. The second kappa shape index (κ2) is 6.66. The van der Waals surface area contributed by atoms with E-state index in [1.54, 1.807) is 18.4 Å². The molecule has 0 unspecified atom stereocenters. The monoisotopic (exact) mass is 377 g/mol. The number of carboxylic acids is 1. The molecule has 1 amide bonds. The molecule has 128 valence electrons. The molecule has 0 fully saturated rings. The van der Waals surface area contributed by atoms with E-state index in [9.17, 15) is 24.2 Å². The maximum atomic E-state index is 14.2. The molecule has 8 heteroatoms. The highest BCUT2D eigenvalue weighted by Gasteiger charge is 2.24. The normalized spacial score (nSPS) is 10.6. The zero-order valence-electron chi connectivity index (χ0n) is 12.9. The van der Waals surface area contributed by atoms with Gasteiger partial charge in [0.05, 0.1) is 0 Å². The topological polar surface area (TPSA) is 86.6 Å². The number of carboxylic acid groups (broad SMARTS) is 1. The second-order valence-electron chi connectivity index (χ2n) is 5.23. The molecule has 0 bridgehead atoms. The summed E-state index contributed by atoms with van der Waals surface area (Å²) in [6, 6.07) is 5.89. The van der Waals surface area contributed by atoms with E-state index in [1.165, 1.54) is 23.6 Å². The Hall–Kier alpha value is -2.71. The highest BCUT2D eigenvalue weighted by molar-refractivity contribution is 7.15. The van der Waals surface area contributed by atoms with Gasteiger partial charge in [-0.1, -0.05) is 12.1 Å². The molecule has 0 saturated carbocycles. The predicted molar refractivity (Wildman–Crippen MR) is 95.3 cm³/mol. The van der Waals surface area contributed by atoms with Crippen LogP contribution in [0.5, 0.6) is 5.75 Å². The van der Waals surface area contributed by atoms with E-state index in [0.29, 0.717) is 0 Å². The van der Waals surface area contributed by atoms with E-state index in [0.717, 1.165) is 28.2 Å². The Morgan fingerprint density at radius 3 is 2.52 bits per heavy atom. The molecule has 1 aromatic carbocycles. The number of amides is 1. The first-order valence-corrected chi connectivity index (χ1v) is 8.83. The van der Waals surface area contributed by atoms with Crippen molar-refractivity contribution in [2.75, 3.05) is 5.32 Å². The predicted octanol–water partition coefficient (Wildman–Crippen LogP) is 4.58. The van der Waals surface area contributed by atoms with E-state index in [2.05, 4.69) is 5.32 Å². The summed E-state index contributed by atoms with van der Waals surface area (Å²) in [4.78, 5) is 24.0. The number of nitrogens with one attached hydrogen (secondary N) is 1. The van der Waals surface area contributed by atoms with E-state index < -0.39 is 17.7 Å². The van der Waals surface area contributed by atoms with Crippen molar-refractivity contribution < 1.29 is 24.2 Å². The average Bonchev–Trinajstić information content (AvgIpc) is 3.13. The summed E-state index contributed by atoms with van der Waals surface area (Å²) in [6.45, 7) is 1.73. The van der Waals surface area contributed by atoms with E-state index in [1.807, 2.05) is 0 Å². The lowest BCUT2D eigenvalue weighted by Gasteiger charge is -2.07. The van der Waals surface area contributed by atoms with E-state index in [4.69, 9.17) is 0 Å². The molecular formula is C17H12FNO4S2. The Balaban J connectivity index is 2.02. The lowest BCUT2D eigenvalue weighted by molar-refractivity contribution is 0.0699. The molecule has 2 aromatic heterocycles. The summed E-state index contributed by atoms with van der Waals surface area (Å²) in [6.07, 6.45) is 0. The minimum atomic E-state index is -1.28. The van der Waals surface area contributed by atoms with Crippen molar-refractivity contribution in [3.63, 3.8) is 0 Å². The van der Waals surface area contributed by atoms with Gasteiger partial charge in [-0.25, -0.2) is 9.18 Å². The highest BCUT2D eigenvalue weighted by atomic mass is 32.1. The minimum Gasteiger partial charge on any atom is -0.506 e. The maximum absolute atomic E-state index is 14.2. The van der Waals surface area contributed by atoms with E-state index in [-0.39, 0.29) is 32.3 Å². The van der Waals surface area contributed by atoms with Crippen LogP contribution in [-0.2, 0) is 0 Å². The lowest BCUT2D eigenvalue weighted by atomic mass is 10.0. The third-order valence-electron chi connectivity index (χ3n) is 3.50. The van der Waals surface area contributed by atoms with Gasteiger partial charge in [-0.2, -0.15) is 0 Å². The number of aryl methyl sites for hydroxylation is 1. The lowest BCUT2D eigenvalue weighted by Crippen LogP contribution is -2.12.